The van der Waals surface area contributed by atoms with Gasteiger partial charge in [0.15, 0.2) is 0 Å². The van der Waals surface area contributed by atoms with Gasteiger partial charge in [-0.15, -0.1) is 0 Å². The first-order valence-corrected chi connectivity index (χ1v) is 6.37. The number of nitrogens with zero attached hydrogens (tertiary/aromatic N) is 2. The highest BCUT2D eigenvalue weighted by molar-refractivity contribution is 5.66. The maximum absolute atomic E-state index is 12.8. The van der Waals surface area contributed by atoms with Crippen molar-refractivity contribution in [2.45, 2.75) is 19.4 Å². The molecule has 2 rings (SSSR count). The maximum Gasteiger partial charge on any atom is 0.303 e. The number of hydrogen-bond acceptors (Lipinski definition) is 3. The van der Waals surface area contributed by atoms with Gasteiger partial charge in [-0.25, -0.2) is 9.07 Å². The molecular weight excluding hydrogens is 261 g/mol. The minimum atomic E-state index is -0.782. The molecule has 0 aliphatic rings. The molecule has 6 heteroatoms. The molecule has 0 amide bonds. The molecule has 0 saturated heterocycles. The average Bonchev–Trinajstić information content (AvgIpc) is 2.87. The molecule has 0 fully saturated rings. The van der Waals surface area contributed by atoms with Gasteiger partial charge in [-0.3, -0.25) is 4.79 Å². The third-order valence-electron chi connectivity index (χ3n) is 2.80. The van der Waals surface area contributed by atoms with Crippen LogP contribution in [-0.4, -0.2) is 27.4 Å². The van der Waals surface area contributed by atoms with Crippen LogP contribution in [0.2, 0.25) is 0 Å². The van der Waals surface area contributed by atoms with Crippen LogP contribution in [-0.2, 0) is 11.3 Å². The Kier molecular flexibility index (Phi) is 4.84. The Labute approximate surface area is 116 Å². The van der Waals surface area contributed by atoms with Gasteiger partial charge in [-0.1, -0.05) is 0 Å². The Bertz CT molecular complexity index is 566. The zero-order valence-electron chi connectivity index (χ0n) is 10.9. The van der Waals surface area contributed by atoms with Crippen molar-refractivity contribution in [2.75, 3.05) is 6.54 Å². The predicted octanol–water partition coefficient (Wildman–Crippen LogP) is 1.97. The van der Waals surface area contributed by atoms with Crippen LogP contribution in [0, 0.1) is 5.82 Å². The molecule has 0 saturated carbocycles. The predicted molar refractivity (Wildman–Crippen MR) is 72.1 cm³/mol. The number of carboxylic acid groups (broad SMARTS) is 1. The first kappa shape index (κ1) is 14.2. The number of benzene rings is 1. The van der Waals surface area contributed by atoms with Crippen molar-refractivity contribution in [3.05, 3.63) is 48.0 Å². The quantitative estimate of drug-likeness (QED) is 0.759. The highest BCUT2D eigenvalue weighted by Crippen LogP contribution is 2.09. The first-order chi connectivity index (χ1) is 9.65. The first-order valence-electron chi connectivity index (χ1n) is 6.37. The minimum Gasteiger partial charge on any atom is -0.481 e. The smallest absolute Gasteiger partial charge is 0.303 e. The fourth-order valence-corrected chi connectivity index (χ4v) is 1.78. The van der Waals surface area contributed by atoms with E-state index in [0.717, 1.165) is 11.3 Å². The van der Waals surface area contributed by atoms with Crippen LogP contribution in [0.4, 0.5) is 4.39 Å². The van der Waals surface area contributed by atoms with E-state index < -0.39 is 5.97 Å². The summed E-state index contributed by atoms with van der Waals surface area (Å²) in [7, 11) is 0. The number of halogens is 1. The van der Waals surface area contributed by atoms with Gasteiger partial charge in [0.05, 0.1) is 11.9 Å². The van der Waals surface area contributed by atoms with Gasteiger partial charge >= 0.3 is 5.97 Å². The number of carboxylic acids is 1. The largest absolute Gasteiger partial charge is 0.481 e. The van der Waals surface area contributed by atoms with Crippen molar-refractivity contribution >= 4 is 5.97 Å². The van der Waals surface area contributed by atoms with Crippen LogP contribution in [0.25, 0.3) is 5.69 Å². The van der Waals surface area contributed by atoms with E-state index in [0.29, 0.717) is 19.5 Å². The van der Waals surface area contributed by atoms with Gasteiger partial charge < -0.3 is 10.4 Å². The SMILES string of the molecule is O=C(O)CCCNCc1cnn(-c2ccc(F)cc2)c1. The molecule has 0 aliphatic heterocycles. The molecule has 1 heterocycles. The molecule has 1 aromatic heterocycles. The Hall–Kier alpha value is -2.21. The summed E-state index contributed by atoms with van der Waals surface area (Å²) in [4.78, 5) is 10.3. The summed E-state index contributed by atoms with van der Waals surface area (Å²) in [6.07, 6.45) is 4.36. The molecule has 0 unspecified atom stereocenters. The second kappa shape index (κ2) is 6.81. The third-order valence-corrected chi connectivity index (χ3v) is 2.80. The zero-order chi connectivity index (χ0) is 14.4. The fraction of sp³-hybridized carbons (Fsp3) is 0.286. The molecule has 2 N–H and O–H groups in total. The molecule has 0 atom stereocenters. The molecular formula is C14H16FN3O2. The standard InChI is InChI=1S/C14H16FN3O2/c15-12-3-5-13(6-4-12)18-10-11(9-17-18)8-16-7-1-2-14(19)20/h3-6,9-10,16H,1-2,7-8H2,(H,19,20). The number of carbonyl (C=O) groups is 1. The zero-order valence-corrected chi connectivity index (χ0v) is 10.9. The van der Waals surface area contributed by atoms with Gasteiger partial charge in [-0.05, 0) is 37.2 Å². The second-order valence-corrected chi connectivity index (χ2v) is 4.44. The monoisotopic (exact) mass is 277 g/mol. The second-order valence-electron chi connectivity index (χ2n) is 4.44. The fourth-order valence-electron chi connectivity index (χ4n) is 1.78. The van der Waals surface area contributed by atoms with E-state index in [9.17, 15) is 9.18 Å². The summed E-state index contributed by atoms with van der Waals surface area (Å²) >= 11 is 0. The lowest BCUT2D eigenvalue weighted by atomic mass is 10.3. The number of aromatic nitrogens is 2. The summed E-state index contributed by atoms with van der Waals surface area (Å²) in [6, 6.07) is 6.10. The van der Waals surface area contributed by atoms with Crippen LogP contribution >= 0.6 is 0 Å². The van der Waals surface area contributed by atoms with Crippen LogP contribution in [0.5, 0.6) is 0 Å². The summed E-state index contributed by atoms with van der Waals surface area (Å²) in [6.45, 7) is 1.27. The molecule has 1 aromatic carbocycles. The molecule has 0 spiro atoms. The van der Waals surface area contributed by atoms with Crippen LogP contribution in [0.3, 0.4) is 0 Å². The van der Waals surface area contributed by atoms with Crippen LogP contribution < -0.4 is 5.32 Å². The highest BCUT2D eigenvalue weighted by Gasteiger charge is 2.01. The molecule has 0 radical (unpaired) electrons. The van der Waals surface area contributed by atoms with Crippen molar-refractivity contribution in [3.8, 4) is 5.69 Å². The van der Waals surface area contributed by atoms with Crippen molar-refractivity contribution in [1.29, 1.82) is 0 Å². The number of hydrogen-bond donors (Lipinski definition) is 2. The van der Waals surface area contributed by atoms with Gasteiger partial charge in [0, 0.05) is 24.7 Å². The van der Waals surface area contributed by atoms with Crippen molar-refractivity contribution in [1.82, 2.24) is 15.1 Å². The van der Waals surface area contributed by atoms with Gasteiger partial charge in [-0.2, -0.15) is 5.10 Å². The third kappa shape index (κ3) is 4.17. The Morgan fingerprint density at radius 1 is 1.35 bits per heavy atom. The van der Waals surface area contributed by atoms with Crippen molar-refractivity contribution in [3.63, 3.8) is 0 Å². The topological polar surface area (TPSA) is 67.2 Å². The summed E-state index contributed by atoms with van der Waals surface area (Å²) in [5.74, 6) is -1.06. The van der Waals surface area contributed by atoms with E-state index in [2.05, 4.69) is 10.4 Å². The van der Waals surface area contributed by atoms with E-state index in [1.807, 2.05) is 6.20 Å². The molecule has 20 heavy (non-hydrogen) atoms. The Morgan fingerprint density at radius 2 is 2.10 bits per heavy atom. The van der Waals surface area contributed by atoms with Gasteiger partial charge in [0.2, 0.25) is 0 Å². The lowest BCUT2D eigenvalue weighted by Gasteiger charge is -2.01. The van der Waals surface area contributed by atoms with E-state index in [4.69, 9.17) is 5.11 Å². The van der Waals surface area contributed by atoms with E-state index in [-0.39, 0.29) is 12.2 Å². The van der Waals surface area contributed by atoms with E-state index >= 15 is 0 Å². The average molecular weight is 277 g/mol. The molecule has 0 aliphatic carbocycles. The number of aliphatic carboxylic acids is 1. The summed E-state index contributed by atoms with van der Waals surface area (Å²) in [5, 5.41) is 15.9. The molecule has 5 nitrogen and oxygen atoms in total. The Balaban J connectivity index is 1.83. The van der Waals surface area contributed by atoms with Gasteiger partial charge in [0.25, 0.3) is 0 Å². The van der Waals surface area contributed by atoms with Crippen LogP contribution in [0.15, 0.2) is 36.7 Å². The maximum atomic E-state index is 12.8. The lowest BCUT2D eigenvalue weighted by Crippen LogP contribution is -2.15. The van der Waals surface area contributed by atoms with Crippen LogP contribution in [0.1, 0.15) is 18.4 Å². The van der Waals surface area contributed by atoms with E-state index in [1.165, 1.54) is 12.1 Å². The number of nitrogens with one attached hydrogen (secondary N) is 1. The summed E-state index contributed by atoms with van der Waals surface area (Å²) in [5.41, 5.74) is 1.79. The van der Waals surface area contributed by atoms with Gasteiger partial charge in [0.1, 0.15) is 5.82 Å². The molecule has 106 valence electrons. The Morgan fingerprint density at radius 3 is 2.80 bits per heavy atom. The normalized spacial score (nSPS) is 10.7. The van der Waals surface area contributed by atoms with Crippen molar-refractivity contribution in [2.24, 2.45) is 0 Å². The minimum absolute atomic E-state index is 0.168. The summed E-state index contributed by atoms with van der Waals surface area (Å²) < 4.78 is 14.5. The van der Waals surface area contributed by atoms with Crippen molar-refractivity contribution < 1.29 is 14.3 Å². The molecule has 0 bridgehead atoms. The number of rotatable bonds is 7. The van der Waals surface area contributed by atoms with E-state index in [1.54, 1.807) is 23.0 Å². The highest BCUT2D eigenvalue weighted by atomic mass is 19.1. The molecule has 2 aromatic rings. The lowest BCUT2D eigenvalue weighted by molar-refractivity contribution is -0.137.